The van der Waals surface area contributed by atoms with Crippen LogP contribution in [0.1, 0.15) is 50.9 Å². The topological polar surface area (TPSA) is 71.5 Å². The second kappa shape index (κ2) is 10.8. The Morgan fingerprint density at radius 2 is 1.64 bits per heavy atom. The average molecular weight is 444 g/mol. The van der Waals surface area contributed by atoms with Gasteiger partial charge < -0.3 is 15.0 Å². The highest BCUT2D eigenvalue weighted by molar-refractivity contribution is 5.95. The Morgan fingerprint density at radius 1 is 0.970 bits per heavy atom. The summed E-state index contributed by atoms with van der Waals surface area (Å²) >= 11 is 0. The number of piperidine rings is 1. The number of carbonyl (C=O) groups excluding carboxylic acids is 2. The number of carbonyl (C=O) groups is 2. The van der Waals surface area contributed by atoms with E-state index >= 15 is 0 Å². The molecule has 1 aliphatic heterocycles. The number of amides is 2. The lowest BCUT2D eigenvalue weighted by molar-refractivity contribution is 0.0710. The van der Waals surface area contributed by atoms with Gasteiger partial charge in [0.25, 0.3) is 11.8 Å². The minimum absolute atomic E-state index is 0.0580. The zero-order chi connectivity index (χ0) is 23.0. The molecule has 0 saturated carbocycles. The van der Waals surface area contributed by atoms with Crippen molar-refractivity contribution in [2.45, 2.75) is 25.7 Å². The highest BCUT2D eigenvalue weighted by Crippen LogP contribution is 2.30. The molecule has 1 saturated heterocycles. The Labute approximate surface area is 194 Å². The maximum Gasteiger partial charge on any atom is 0.253 e. The first-order valence-electron chi connectivity index (χ1n) is 11.4. The molecule has 6 nitrogen and oxygen atoms in total. The van der Waals surface area contributed by atoms with E-state index in [0.29, 0.717) is 37.4 Å². The van der Waals surface area contributed by atoms with Gasteiger partial charge in [-0.05, 0) is 56.2 Å². The number of ether oxygens (including phenoxy) is 1. The minimum atomic E-state index is -0.142. The van der Waals surface area contributed by atoms with Crippen LogP contribution in [-0.2, 0) is 0 Å². The molecule has 4 rings (SSSR count). The summed E-state index contributed by atoms with van der Waals surface area (Å²) in [6.07, 6.45) is 1.57. The molecule has 1 fully saturated rings. The van der Waals surface area contributed by atoms with E-state index in [9.17, 15) is 9.59 Å². The molecule has 2 amide bonds. The third kappa shape index (κ3) is 5.77. The summed E-state index contributed by atoms with van der Waals surface area (Å²) in [5, 5.41) is 2.95. The first kappa shape index (κ1) is 22.5. The van der Waals surface area contributed by atoms with E-state index in [1.54, 1.807) is 0 Å². The average Bonchev–Trinajstić information content (AvgIpc) is 2.87. The van der Waals surface area contributed by atoms with Crippen molar-refractivity contribution in [3.63, 3.8) is 0 Å². The Bertz CT molecular complexity index is 1080. The maximum atomic E-state index is 12.9. The second-order valence-corrected chi connectivity index (χ2v) is 8.24. The molecule has 1 aromatic heterocycles. The largest absolute Gasteiger partial charge is 0.492 e. The summed E-state index contributed by atoms with van der Waals surface area (Å²) in [5.41, 5.74) is 3.02. The van der Waals surface area contributed by atoms with Crippen LogP contribution in [0.2, 0.25) is 0 Å². The van der Waals surface area contributed by atoms with Crippen LogP contribution in [0.5, 0.6) is 5.75 Å². The standard InChI is InChI=1S/C27H29N3O3/c1-20-12-13-24(26(31)28-16-19-33-23-10-6-3-7-11-23)25(29-20)21-14-17-30(18-15-21)27(32)22-8-4-2-5-9-22/h2-13,21H,14-19H2,1H3,(H,28,31). The number of hydrogen-bond acceptors (Lipinski definition) is 4. The summed E-state index contributed by atoms with van der Waals surface area (Å²) in [6.45, 7) is 4.04. The fourth-order valence-electron chi connectivity index (χ4n) is 4.14. The molecule has 2 aromatic carbocycles. The van der Waals surface area contributed by atoms with Gasteiger partial charge >= 0.3 is 0 Å². The van der Waals surface area contributed by atoms with Gasteiger partial charge in [-0.25, -0.2) is 0 Å². The van der Waals surface area contributed by atoms with E-state index < -0.39 is 0 Å². The van der Waals surface area contributed by atoms with Crippen molar-refractivity contribution in [2.24, 2.45) is 0 Å². The molecular weight excluding hydrogens is 414 g/mol. The van der Waals surface area contributed by atoms with Gasteiger partial charge in [0.1, 0.15) is 12.4 Å². The van der Waals surface area contributed by atoms with Crippen molar-refractivity contribution in [2.75, 3.05) is 26.2 Å². The molecule has 3 aromatic rings. The molecule has 0 atom stereocenters. The molecule has 0 bridgehead atoms. The van der Waals surface area contributed by atoms with Gasteiger partial charge in [-0.3, -0.25) is 14.6 Å². The highest BCUT2D eigenvalue weighted by Gasteiger charge is 2.28. The van der Waals surface area contributed by atoms with Crippen molar-refractivity contribution < 1.29 is 14.3 Å². The number of likely N-dealkylation sites (tertiary alicyclic amines) is 1. The predicted octanol–water partition coefficient (Wildman–Crippen LogP) is 4.22. The number of rotatable bonds is 7. The van der Waals surface area contributed by atoms with Crippen LogP contribution in [0.15, 0.2) is 72.8 Å². The third-order valence-electron chi connectivity index (χ3n) is 5.90. The molecule has 33 heavy (non-hydrogen) atoms. The van der Waals surface area contributed by atoms with Crippen LogP contribution in [0.3, 0.4) is 0 Å². The van der Waals surface area contributed by atoms with Gasteiger partial charge in [0, 0.05) is 30.3 Å². The van der Waals surface area contributed by atoms with E-state index in [2.05, 4.69) is 5.32 Å². The number of hydrogen-bond donors (Lipinski definition) is 1. The van der Waals surface area contributed by atoms with Gasteiger partial charge in [-0.2, -0.15) is 0 Å². The van der Waals surface area contributed by atoms with Crippen molar-refractivity contribution in [3.05, 3.63) is 95.3 Å². The lowest BCUT2D eigenvalue weighted by atomic mass is 9.89. The summed E-state index contributed by atoms with van der Waals surface area (Å²) in [4.78, 5) is 32.3. The number of aryl methyl sites for hydroxylation is 1. The summed E-state index contributed by atoms with van der Waals surface area (Å²) in [5.74, 6) is 0.840. The van der Waals surface area contributed by atoms with Crippen molar-refractivity contribution in [1.29, 1.82) is 0 Å². The number of para-hydroxylation sites is 1. The lowest BCUT2D eigenvalue weighted by Gasteiger charge is -2.32. The first-order chi connectivity index (χ1) is 16.1. The first-order valence-corrected chi connectivity index (χ1v) is 11.4. The number of nitrogens with zero attached hydrogens (tertiary/aromatic N) is 2. The SMILES string of the molecule is Cc1ccc(C(=O)NCCOc2ccccc2)c(C2CCN(C(=O)c3ccccc3)CC2)n1. The number of aromatic nitrogens is 1. The Morgan fingerprint density at radius 3 is 2.33 bits per heavy atom. The smallest absolute Gasteiger partial charge is 0.253 e. The maximum absolute atomic E-state index is 12.9. The van der Waals surface area contributed by atoms with Crippen LogP contribution in [-0.4, -0.2) is 47.9 Å². The lowest BCUT2D eigenvalue weighted by Crippen LogP contribution is -2.38. The van der Waals surface area contributed by atoms with E-state index in [4.69, 9.17) is 9.72 Å². The fourth-order valence-corrected chi connectivity index (χ4v) is 4.14. The van der Waals surface area contributed by atoms with Gasteiger partial charge in [-0.15, -0.1) is 0 Å². The van der Waals surface area contributed by atoms with E-state index in [0.717, 1.165) is 30.0 Å². The minimum Gasteiger partial charge on any atom is -0.492 e. The van der Waals surface area contributed by atoms with E-state index in [1.165, 1.54) is 0 Å². The summed E-state index contributed by atoms with van der Waals surface area (Å²) < 4.78 is 5.66. The number of pyridine rings is 1. The zero-order valence-electron chi connectivity index (χ0n) is 18.9. The van der Waals surface area contributed by atoms with Crippen LogP contribution in [0, 0.1) is 6.92 Å². The Balaban J connectivity index is 1.36. The summed E-state index contributed by atoms with van der Waals surface area (Å²) in [7, 11) is 0. The highest BCUT2D eigenvalue weighted by atomic mass is 16.5. The molecule has 170 valence electrons. The second-order valence-electron chi connectivity index (χ2n) is 8.24. The van der Waals surface area contributed by atoms with E-state index in [-0.39, 0.29) is 17.7 Å². The van der Waals surface area contributed by atoms with Crippen LogP contribution < -0.4 is 10.1 Å². The normalized spacial score (nSPS) is 14.0. The van der Waals surface area contributed by atoms with Crippen LogP contribution in [0.25, 0.3) is 0 Å². The molecule has 0 unspecified atom stereocenters. The third-order valence-corrected chi connectivity index (χ3v) is 5.90. The van der Waals surface area contributed by atoms with Gasteiger partial charge in [-0.1, -0.05) is 36.4 Å². The zero-order valence-corrected chi connectivity index (χ0v) is 18.9. The number of benzene rings is 2. The van der Waals surface area contributed by atoms with Gasteiger partial charge in [0.15, 0.2) is 0 Å². The molecule has 0 radical (unpaired) electrons. The van der Waals surface area contributed by atoms with Gasteiger partial charge in [0.2, 0.25) is 0 Å². The Hall–Kier alpha value is -3.67. The fraction of sp³-hybridized carbons (Fsp3) is 0.296. The quantitative estimate of drug-likeness (QED) is 0.555. The molecule has 1 N–H and O–H groups in total. The molecule has 0 spiro atoms. The Kier molecular flexibility index (Phi) is 7.35. The molecule has 1 aliphatic rings. The van der Waals surface area contributed by atoms with Crippen LogP contribution in [0.4, 0.5) is 0 Å². The molecular formula is C27H29N3O3. The van der Waals surface area contributed by atoms with Crippen molar-refractivity contribution in [1.82, 2.24) is 15.2 Å². The number of nitrogens with one attached hydrogen (secondary N) is 1. The van der Waals surface area contributed by atoms with E-state index in [1.807, 2.05) is 84.6 Å². The summed E-state index contributed by atoms with van der Waals surface area (Å²) in [6, 6.07) is 22.6. The molecule has 2 heterocycles. The molecule has 0 aliphatic carbocycles. The molecule has 6 heteroatoms. The van der Waals surface area contributed by atoms with Gasteiger partial charge in [0.05, 0.1) is 17.8 Å². The predicted molar refractivity (Wildman–Crippen MR) is 128 cm³/mol. The van der Waals surface area contributed by atoms with Crippen molar-refractivity contribution >= 4 is 11.8 Å². The monoisotopic (exact) mass is 443 g/mol. The van der Waals surface area contributed by atoms with Crippen LogP contribution >= 0.6 is 0 Å². The van der Waals surface area contributed by atoms with Crippen molar-refractivity contribution in [3.8, 4) is 5.75 Å².